The van der Waals surface area contributed by atoms with Crippen LogP contribution < -0.4 is 9.46 Å². The van der Waals surface area contributed by atoms with Gasteiger partial charge in [-0.25, -0.2) is 22.8 Å². The van der Waals surface area contributed by atoms with E-state index in [1.165, 1.54) is 34.9 Å². The third kappa shape index (κ3) is 4.83. The van der Waals surface area contributed by atoms with Crippen molar-refractivity contribution in [1.82, 2.24) is 19.7 Å². The van der Waals surface area contributed by atoms with Crippen LogP contribution in [0.1, 0.15) is 5.69 Å². The van der Waals surface area contributed by atoms with Crippen LogP contribution in [0, 0.1) is 5.82 Å². The fourth-order valence-corrected chi connectivity index (χ4v) is 4.76. The second kappa shape index (κ2) is 8.85. The molecule has 3 aromatic heterocycles. The molecule has 0 aliphatic carbocycles. The van der Waals surface area contributed by atoms with Crippen molar-refractivity contribution in [2.75, 3.05) is 4.72 Å². The lowest BCUT2D eigenvalue weighted by Crippen LogP contribution is -2.15. The molecular formula is C19H12ClF4N5O3S2. The maximum atomic E-state index is 14.8. The Balaban J connectivity index is 1.73. The number of ether oxygens (including phenoxy) is 1. The monoisotopic (exact) mass is 533 g/mol. The summed E-state index contributed by atoms with van der Waals surface area (Å²) in [6, 6.07) is 4.64. The number of alkyl halides is 3. The number of anilines is 1. The van der Waals surface area contributed by atoms with Gasteiger partial charge >= 0.3 is 6.18 Å². The molecule has 4 aromatic rings. The Kier molecular flexibility index (Phi) is 6.22. The van der Waals surface area contributed by atoms with Crippen molar-refractivity contribution in [3.8, 4) is 22.9 Å². The summed E-state index contributed by atoms with van der Waals surface area (Å²) in [6.45, 7) is 0. The number of hydrogen-bond donors (Lipinski definition) is 1. The van der Waals surface area contributed by atoms with Crippen molar-refractivity contribution in [2.24, 2.45) is 7.05 Å². The van der Waals surface area contributed by atoms with Crippen molar-refractivity contribution >= 4 is 38.8 Å². The molecule has 3 heterocycles. The fourth-order valence-electron chi connectivity index (χ4n) is 2.84. The smallest absolute Gasteiger partial charge is 0.433 e. The zero-order valence-electron chi connectivity index (χ0n) is 16.8. The SMILES string of the molecule is Cn1nccc1-c1nc(C(F)(F)F)ccc1Oc1cc(F)c(S(=O)(=O)Nc2cscn2)cc1Cl. The average Bonchev–Trinajstić information content (AvgIpc) is 3.41. The minimum atomic E-state index is -4.73. The molecule has 1 aromatic carbocycles. The number of sulfonamides is 1. The first-order valence-electron chi connectivity index (χ1n) is 9.10. The average molecular weight is 534 g/mol. The summed E-state index contributed by atoms with van der Waals surface area (Å²) in [6.07, 6.45) is -3.38. The maximum absolute atomic E-state index is 14.8. The molecular weight excluding hydrogens is 522 g/mol. The summed E-state index contributed by atoms with van der Waals surface area (Å²) in [4.78, 5) is 6.64. The normalized spacial score (nSPS) is 12.1. The van der Waals surface area contributed by atoms with Gasteiger partial charge in [-0.3, -0.25) is 9.40 Å². The van der Waals surface area contributed by atoms with E-state index in [0.29, 0.717) is 12.1 Å². The molecule has 0 spiro atoms. The van der Waals surface area contributed by atoms with Gasteiger partial charge in [-0.1, -0.05) is 11.6 Å². The molecule has 0 aliphatic rings. The predicted octanol–water partition coefficient (Wildman–Crippen LogP) is 5.34. The van der Waals surface area contributed by atoms with Crippen LogP contribution in [-0.4, -0.2) is 28.2 Å². The van der Waals surface area contributed by atoms with Crippen LogP contribution in [0.2, 0.25) is 5.02 Å². The number of nitrogens with one attached hydrogen (secondary N) is 1. The topological polar surface area (TPSA) is 99.0 Å². The Labute approximate surface area is 198 Å². The predicted molar refractivity (Wildman–Crippen MR) is 116 cm³/mol. The molecule has 0 fully saturated rings. The van der Waals surface area contributed by atoms with Gasteiger partial charge in [0.1, 0.15) is 27.9 Å². The van der Waals surface area contributed by atoms with E-state index in [1.54, 1.807) is 0 Å². The second-order valence-electron chi connectivity index (χ2n) is 6.68. The first-order chi connectivity index (χ1) is 16.0. The van der Waals surface area contributed by atoms with Gasteiger partial charge in [0.15, 0.2) is 11.6 Å². The maximum Gasteiger partial charge on any atom is 0.433 e. The highest BCUT2D eigenvalue weighted by Gasteiger charge is 2.34. The number of hydrogen-bond acceptors (Lipinski definition) is 7. The molecule has 0 saturated carbocycles. The standard InChI is InChI=1S/C19H12ClF4N5O3S2/c1-29-12(4-5-26-29)18-13(2-3-16(27-18)19(22,23)24)32-14-7-11(21)15(6-10(14)20)34(30,31)28-17-8-33-9-25-17/h2-9,28H,1H3. The summed E-state index contributed by atoms with van der Waals surface area (Å²) in [5.74, 6) is -1.73. The van der Waals surface area contributed by atoms with Crippen LogP contribution in [0.5, 0.6) is 11.5 Å². The molecule has 34 heavy (non-hydrogen) atoms. The molecule has 0 radical (unpaired) electrons. The van der Waals surface area contributed by atoms with Crippen LogP contribution in [0.4, 0.5) is 23.4 Å². The molecule has 4 rings (SSSR count). The highest BCUT2D eigenvalue weighted by molar-refractivity contribution is 7.92. The number of pyridine rings is 1. The number of rotatable bonds is 6. The van der Waals surface area contributed by atoms with E-state index in [-0.39, 0.29) is 33.7 Å². The van der Waals surface area contributed by atoms with Crippen LogP contribution in [-0.2, 0) is 23.2 Å². The van der Waals surface area contributed by atoms with Crippen molar-refractivity contribution in [1.29, 1.82) is 0 Å². The van der Waals surface area contributed by atoms with Crippen LogP contribution >= 0.6 is 22.9 Å². The van der Waals surface area contributed by atoms with Crippen molar-refractivity contribution < 1.29 is 30.7 Å². The highest BCUT2D eigenvalue weighted by atomic mass is 35.5. The number of nitrogens with zero attached hydrogens (tertiary/aromatic N) is 4. The third-order valence-electron chi connectivity index (χ3n) is 4.38. The van der Waals surface area contributed by atoms with Gasteiger partial charge < -0.3 is 4.74 Å². The highest BCUT2D eigenvalue weighted by Crippen LogP contribution is 2.39. The van der Waals surface area contributed by atoms with Gasteiger partial charge in [0.05, 0.1) is 16.2 Å². The molecule has 0 aliphatic heterocycles. The molecule has 0 atom stereocenters. The number of benzene rings is 1. The molecule has 178 valence electrons. The molecule has 8 nitrogen and oxygen atoms in total. The van der Waals surface area contributed by atoms with Crippen molar-refractivity contribution in [3.63, 3.8) is 0 Å². The summed E-state index contributed by atoms with van der Waals surface area (Å²) in [5.41, 5.74) is 0.163. The Morgan fingerprint density at radius 3 is 2.56 bits per heavy atom. The lowest BCUT2D eigenvalue weighted by molar-refractivity contribution is -0.141. The molecule has 15 heteroatoms. The number of aryl methyl sites for hydroxylation is 1. The number of thiazole rings is 1. The van der Waals surface area contributed by atoms with Crippen LogP contribution in [0.25, 0.3) is 11.4 Å². The van der Waals surface area contributed by atoms with Gasteiger partial charge in [-0.15, -0.1) is 11.3 Å². The summed E-state index contributed by atoms with van der Waals surface area (Å²) in [7, 11) is -2.88. The van der Waals surface area contributed by atoms with E-state index in [9.17, 15) is 26.0 Å². The molecule has 0 unspecified atom stereocenters. The lowest BCUT2D eigenvalue weighted by atomic mass is 10.2. The van der Waals surface area contributed by atoms with Crippen molar-refractivity contribution in [3.05, 3.63) is 64.0 Å². The zero-order valence-corrected chi connectivity index (χ0v) is 19.2. The van der Waals surface area contributed by atoms with E-state index in [2.05, 4.69) is 19.8 Å². The zero-order chi connectivity index (χ0) is 24.7. The first kappa shape index (κ1) is 23.9. The van der Waals surface area contributed by atoms with Crippen LogP contribution in [0.15, 0.2) is 52.3 Å². The molecule has 0 amide bonds. The Bertz CT molecular complexity index is 1460. The quantitative estimate of drug-likeness (QED) is 0.336. The van der Waals surface area contributed by atoms with Gasteiger partial charge in [-0.2, -0.15) is 18.3 Å². The lowest BCUT2D eigenvalue weighted by Gasteiger charge is -2.15. The summed E-state index contributed by atoms with van der Waals surface area (Å²) in [5, 5.41) is 5.01. The largest absolute Gasteiger partial charge is 0.453 e. The van der Waals surface area contributed by atoms with Gasteiger partial charge in [0.25, 0.3) is 10.0 Å². The second-order valence-corrected chi connectivity index (χ2v) is 9.45. The fraction of sp³-hybridized carbons (Fsp3) is 0.105. The Hall–Kier alpha value is -3.23. The number of halogens is 5. The van der Waals surface area contributed by atoms with E-state index in [1.807, 2.05) is 0 Å². The third-order valence-corrected chi connectivity index (χ3v) is 6.63. The number of aromatic nitrogens is 4. The summed E-state index contributed by atoms with van der Waals surface area (Å²) >= 11 is 7.27. The van der Waals surface area contributed by atoms with Crippen molar-refractivity contribution in [2.45, 2.75) is 11.1 Å². The molecule has 1 N–H and O–H groups in total. The van der Waals surface area contributed by atoms with Gasteiger partial charge in [0.2, 0.25) is 0 Å². The van der Waals surface area contributed by atoms with E-state index in [0.717, 1.165) is 23.5 Å². The minimum absolute atomic E-state index is 0.00232. The molecule has 0 saturated heterocycles. The first-order valence-corrected chi connectivity index (χ1v) is 11.9. The Morgan fingerprint density at radius 2 is 1.94 bits per heavy atom. The van der Waals surface area contributed by atoms with E-state index < -0.39 is 32.6 Å². The van der Waals surface area contributed by atoms with Gasteiger partial charge in [0, 0.05) is 24.7 Å². The Morgan fingerprint density at radius 1 is 1.18 bits per heavy atom. The molecule has 0 bridgehead atoms. The van der Waals surface area contributed by atoms with E-state index >= 15 is 0 Å². The van der Waals surface area contributed by atoms with E-state index in [4.69, 9.17) is 16.3 Å². The van der Waals surface area contributed by atoms with Gasteiger partial charge in [-0.05, 0) is 24.3 Å². The van der Waals surface area contributed by atoms with Crippen LogP contribution in [0.3, 0.4) is 0 Å². The minimum Gasteiger partial charge on any atom is -0.453 e. The summed E-state index contributed by atoms with van der Waals surface area (Å²) < 4.78 is 88.4.